The van der Waals surface area contributed by atoms with Crippen LogP contribution in [0.2, 0.25) is 0 Å². The maximum absolute atomic E-state index is 5.41. The number of hydrogen-bond acceptors (Lipinski definition) is 8. The van der Waals surface area contributed by atoms with E-state index in [2.05, 4.69) is 6.92 Å². The SMILES string of the molecule is CC.CCCOCCOCCOCCOCCOCCOCCOCCOCC. The predicted octanol–water partition coefficient (Wildman–Crippen LogP) is 2.58. The second-order valence-electron chi connectivity index (χ2n) is 5.48. The third-order valence-corrected chi connectivity index (χ3v) is 3.16. The van der Waals surface area contributed by atoms with Gasteiger partial charge in [-0.1, -0.05) is 20.8 Å². The summed E-state index contributed by atoms with van der Waals surface area (Å²) in [5.74, 6) is 0. The van der Waals surface area contributed by atoms with Gasteiger partial charge in [0.15, 0.2) is 0 Å². The summed E-state index contributed by atoms with van der Waals surface area (Å²) in [6, 6.07) is 0. The Morgan fingerprint density at radius 3 is 0.724 bits per heavy atom. The van der Waals surface area contributed by atoms with E-state index in [1.165, 1.54) is 0 Å². The lowest BCUT2D eigenvalue weighted by molar-refractivity contribution is -0.0228. The molecule has 0 aromatic carbocycles. The van der Waals surface area contributed by atoms with Crippen molar-refractivity contribution in [2.75, 3.05) is 106 Å². The summed E-state index contributed by atoms with van der Waals surface area (Å²) in [6.07, 6.45) is 1.03. The Hall–Kier alpha value is -0.320. The van der Waals surface area contributed by atoms with Crippen molar-refractivity contribution in [2.24, 2.45) is 0 Å². The van der Waals surface area contributed by atoms with Crippen molar-refractivity contribution >= 4 is 0 Å². The average molecular weight is 427 g/mol. The molecule has 0 spiro atoms. The van der Waals surface area contributed by atoms with Gasteiger partial charge in [-0.25, -0.2) is 0 Å². The fourth-order valence-electron chi connectivity index (χ4n) is 1.83. The highest BCUT2D eigenvalue weighted by atomic mass is 16.6. The molecule has 0 unspecified atom stereocenters. The molecule has 29 heavy (non-hydrogen) atoms. The second-order valence-corrected chi connectivity index (χ2v) is 5.48. The fourth-order valence-corrected chi connectivity index (χ4v) is 1.83. The van der Waals surface area contributed by atoms with Gasteiger partial charge in [-0.2, -0.15) is 0 Å². The Labute approximate surface area is 178 Å². The van der Waals surface area contributed by atoms with Gasteiger partial charge in [0.2, 0.25) is 0 Å². The molecule has 0 bridgehead atoms. The van der Waals surface area contributed by atoms with Gasteiger partial charge in [0, 0.05) is 13.2 Å². The van der Waals surface area contributed by atoms with Gasteiger partial charge in [0.25, 0.3) is 0 Å². The van der Waals surface area contributed by atoms with Gasteiger partial charge in [-0.15, -0.1) is 0 Å². The van der Waals surface area contributed by atoms with Crippen molar-refractivity contribution in [3.63, 3.8) is 0 Å². The Kier molecular flexibility index (Phi) is 34.4. The van der Waals surface area contributed by atoms with Crippen LogP contribution in [0.25, 0.3) is 0 Å². The minimum absolute atomic E-state index is 0.551. The number of hydrogen-bond donors (Lipinski definition) is 0. The largest absolute Gasteiger partial charge is 0.379 e. The summed E-state index contributed by atoms with van der Waals surface area (Å²) < 4.78 is 42.8. The second kappa shape index (κ2) is 32.3. The molecule has 0 rings (SSSR count). The lowest BCUT2D eigenvalue weighted by Gasteiger charge is -2.08. The van der Waals surface area contributed by atoms with Gasteiger partial charge < -0.3 is 37.9 Å². The van der Waals surface area contributed by atoms with Gasteiger partial charge in [0.1, 0.15) is 0 Å². The van der Waals surface area contributed by atoms with Crippen molar-refractivity contribution in [1.29, 1.82) is 0 Å². The van der Waals surface area contributed by atoms with Crippen LogP contribution in [0.1, 0.15) is 34.1 Å². The molecule has 0 radical (unpaired) electrons. The van der Waals surface area contributed by atoms with Crippen LogP contribution in [-0.2, 0) is 37.9 Å². The molecule has 0 N–H and O–H groups in total. The van der Waals surface area contributed by atoms with E-state index in [9.17, 15) is 0 Å². The maximum Gasteiger partial charge on any atom is 0.0701 e. The summed E-state index contributed by atoms with van der Waals surface area (Å²) in [7, 11) is 0. The normalized spacial score (nSPS) is 10.8. The molecule has 0 aliphatic rings. The average Bonchev–Trinajstić information content (AvgIpc) is 2.75. The summed E-state index contributed by atoms with van der Waals surface area (Å²) in [5, 5.41) is 0. The van der Waals surface area contributed by atoms with Crippen molar-refractivity contribution < 1.29 is 37.9 Å². The first-order valence-corrected chi connectivity index (χ1v) is 11.0. The third kappa shape index (κ3) is 32.6. The molecule has 178 valence electrons. The zero-order valence-corrected chi connectivity index (χ0v) is 19.3. The van der Waals surface area contributed by atoms with Gasteiger partial charge >= 0.3 is 0 Å². The van der Waals surface area contributed by atoms with Crippen LogP contribution in [0.5, 0.6) is 0 Å². The van der Waals surface area contributed by atoms with Gasteiger partial charge in [0.05, 0.1) is 92.5 Å². The molecule has 8 heteroatoms. The Morgan fingerprint density at radius 1 is 0.310 bits per heavy atom. The molecule has 8 nitrogen and oxygen atoms in total. The van der Waals surface area contributed by atoms with Crippen molar-refractivity contribution in [1.82, 2.24) is 0 Å². The van der Waals surface area contributed by atoms with Crippen molar-refractivity contribution in [3.05, 3.63) is 0 Å². The molecule has 0 amide bonds. The summed E-state index contributed by atoms with van der Waals surface area (Å²) in [6.45, 7) is 17.7. The smallest absolute Gasteiger partial charge is 0.0701 e. The minimum Gasteiger partial charge on any atom is -0.379 e. The van der Waals surface area contributed by atoms with Crippen LogP contribution in [0.3, 0.4) is 0 Å². The summed E-state index contributed by atoms with van der Waals surface area (Å²) >= 11 is 0. The van der Waals surface area contributed by atoms with Crippen LogP contribution in [0, 0.1) is 0 Å². The molecular formula is C21H46O8. The van der Waals surface area contributed by atoms with E-state index >= 15 is 0 Å². The van der Waals surface area contributed by atoms with Crippen molar-refractivity contribution in [2.45, 2.75) is 34.1 Å². The van der Waals surface area contributed by atoms with Gasteiger partial charge in [-0.05, 0) is 13.3 Å². The van der Waals surface area contributed by atoms with E-state index in [0.717, 1.165) is 19.6 Å². The van der Waals surface area contributed by atoms with E-state index in [1.807, 2.05) is 20.8 Å². The molecular weight excluding hydrogens is 380 g/mol. The standard InChI is InChI=1S/C19H40O8.C2H6/c1-3-5-21-8-9-23-12-13-25-16-17-27-19-18-26-15-14-24-11-10-22-7-6-20-4-2;1-2/h3-19H2,1-2H3;1-2H3. The van der Waals surface area contributed by atoms with Crippen LogP contribution < -0.4 is 0 Å². The first kappa shape index (κ1) is 30.9. The first-order chi connectivity index (χ1) is 14.4. The Balaban J connectivity index is 0. The molecule has 0 saturated heterocycles. The highest BCUT2D eigenvalue weighted by Gasteiger charge is 1.94. The zero-order valence-electron chi connectivity index (χ0n) is 19.3. The monoisotopic (exact) mass is 426 g/mol. The number of rotatable bonds is 24. The lowest BCUT2D eigenvalue weighted by atomic mass is 10.5. The number of ether oxygens (including phenoxy) is 8. The maximum atomic E-state index is 5.41. The zero-order chi connectivity index (χ0) is 21.7. The van der Waals surface area contributed by atoms with Crippen LogP contribution in [-0.4, -0.2) is 106 Å². The lowest BCUT2D eigenvalue weighted by Crippen LogP contribution is -2.15. The topological polar surface area (TPSA) is 73.8 Å². The van der Waals surface area contributed by atoms with E-state index in [0.29, 0.717) is 92.5 Å². The minimum atomic E-state index is 0.551. The summed E-state index contributed by atoms with van der Waals surface area (Å²) in [5.41, 5.74) is 0. The van der Waals surface area contributed by atoms with Crippen LogP contribution in [0.4, 0.5) is 0 Å². The molecule has 0 fully saturated rings. The predicted molar refractivity (Wildman–Crippen MR) is 114 cm³/mol. The summed E-state index contributed by atoms with van der Waals surface area (Å²) in [4.78, 5) is 0. The molecule has 0 saturated carbocycles. The molecule has 0 atom stereocenters. The molecule has 0 aromatic heterocycles. The molecule has 0 aliphatic heterocycles. The molecule has 0 aliphatic carbocycles. The van der Waals surface area contributed by atoms with E-state index in [1.54, 1.807) is 0 Å². The van der Waals surface area contributed by atoms with E-state index in [-0.39, 0.29) is 0 Å². The van der Waals surface area contributed by atoms with Crippen LogP contribution in [0.15, 0.2) is 0 Å². The highest BCUT2D eigenvalue weighted by Crippen LogP contribution is 1.86. The Bertz CT molecular complexity index is 233. The highest BCUT2D eigenvalue weighted by molar-refractivity contribution is 4.37. The van der Waals surface area contributed by atoms with Crippen LogP contribution >= 0.6 is 0 Å². The molecule has 0 heterocycles. The van der Waals surface area contributed by atoms with Crippen molar-refractivity contribution in [3.8, 4) is 0 Å². The first-order valence-electron chi connectivity index (χ1n) is 11.0. The molecule has 0 aromatic rings. The fraction of sp³-hybridized carbons (Fsp3) is 1.00. The quantitative estimate of drug-likeness (QED) is 0.218. The van der Waals surface area contributed by atoms with Gasteiger partial charge in [-0.3, -0.25) is 0 Å². The Morgan fingerprint density at radius 2 is 0.517 bits per heavy atom. The van der Waals surface area contributed by atoms with E-state index in [4.69, 9.17) is 37.9 Å². The van der Waals surface area contributed by atoms with E-state index < -0.39 is 0 Å². The third-order valence-electron chi connectivity index (χ3n) is 3.16.